The van der Waals surface area contributed by atoms with Crippen LogP contribution >= 0.6 is 12.2 Å². The summed E-state index contributed by atoms with van der Waals surface area (Å²) in [7, 11) is 0. The maximum absolute atomic E-state index is 15.0. The van der Waals surface area contributed by atoms with Crippen molar-refractivity contribution in [2.75, 3.05) is 85.2 Å². The summed E-state index contributed by atoms with van der Waals surface area (Å²) in [6.45, 7) is 20.1. The van der Waals surface area contributed by atoms with Gasteiger partial charge in [-0.1, -0.05) is 27.2 Å². The normalized spacial score (nSPS) is 17.9. The summed E-state index contributed by atoms with van der Waals surface area (Å²) < 4.78 is 5.40. The average Bonchev–Trinajstić information content (AvgIpc) is 3.20. The predicted molar refractivity (Wildman–Crippen MR) is 228 cm³/mol. The molecule has 0 bridgehead atoms. The molecular weight excluding hydrogens is 751 g/mol. The Balaban J connectivity index is 3.46. The number of hydrogen-bond donors (Lipinski definition) is 9. The third-order valence-corrected chi connectivity index (χ3v) is 12.5. The third-order valence-electron chi connectivity index (χ3n) is 12.2. The molecule has 330 valence electrons. The fraction of sp³-hybridized carbons (Fsp3) is 0.850. The standard InChI is InChI=1S/C40H77N9O7S/c1-9-12-16-31(51)42-19-14-21-45-34(54)39(7,40(8,35(55)48-29-30(4)50)38(6,11-3)32(52)43-18-13-17-41)37(5,10-2)33(53)44-20-15-22-46-36(57)47-23-24-49-25-27-56-28-26-49/h30,50H,9-29,41H2,1-8H3,(H,42,51)(H,43,52)(H,44,53)(H,45,54)(H,48,55)(H2,46,47,57). The van der Waals surface area contributed by atoms with Gasteiger partial charge in [0, 0.05) is 71.9 Å². The van der Waals surface area contributed by atoms with Gasteiger partial charge in [-0.15, -0.1) is 0 Å². The number of aliphatic hydroxyl groups is 1. The molecule has 0 spiro atoms. The zero-order chi connectivity index (χ0) is 43.1. The summed E-state index contributed by atoms with van der Waals surface area (Å²) in [4.78, 5) is 73.2. The van der Waals surface area contributed by atoms with Gasteiger partial charge in [0.15, 0.2) is 5.11 Å². The highest BCUT2D eigenvalue weighted by atomic mass is 32.1. The van der Waals surface area contributed by atoms with Crippen molar-refractivity contribution >= 4 is 46.9 Å². The second-order valence-corrected chi connectivity index (χ2v) is 16.3. The molecule has 1 rings (SSSR count). The molecular formula is C40H77N9O7S. The molecule has 5 unspecified atom stereocenters. The summed E-state index contributed by atoms with van der Waals surface area (Å²) in [5.74, 6) is -2.20. The molecule has 0 radical (unpaired) electrons. The largest absolute Gasteiger partial charge is 0.392 e. The van der Waals surface area contributed by atoms with Crippen LogP contribution in [0.15, 0.2) is 0 Å². The molecule has 57 heavy (non-hydrogen) atoms. The lowest BCUT2D eigenvalue weighted by Gasteiger charge is -2.58. The van der Waals surface area contributed by atoms with Gasteiger partial charge in [0.1, 0.15) is 0 Å². The Morgan fingerprint density at radius 3 is 1.63 bits per heavy atom. The zero-order valence-electron chi connectivity index (χ0n) is 36.3. The number of nitrogens with two attached hydrogens (primary N) is 1. The number of rotatable bonds is 28. The molecule has 1 fully saturated rings. The van der Waals surface area contributed by atoms with Gasteiger partial charge < -0.3 is 52.8 Å². The van der Waals surface area contributed by atoms with Crippen LogP contribution in [0.25, 0.3) is 0 Å². The highest BCUT2D eigenvalue weighted by Crippen LogP contribution is 2.62. The van der Waals surface area contributed by atoms with Gasteiger partial charge in [0.25, 0.3) is 0 Å². The minimum absolute atomic E-state index is 0.0676. The molecule has 0 aromatic rings. The second-order valence-electron chi connectivity index (χ2n) is 15.9. The fourth-order valence-corrected chi connectivity index (χ4v) is 7.68. The van der Waals surface area contributed by atoms with Crippen molar-refractivity contribution in [2.45, 2.75) is 113 Å². The van der Waals surface area contributed by atoms with Crippen LogP contribution in [0.3, 0.4) is 0 Å². The van der Waals surface area contributed by atoms with Crippen LogP contribution in [0.1, 0.15) is 107 Å². The quantitative estimate of drug-likeness (QED) is 0.0397. The number of nitrogens with zero attached hydrogens (tertiary/aromatic N) is 1. The Kier molecular flexibility index (Phi) is 23.7. The van der Waals surface area contributed by atoms with Gasteiger partial charge in [-0.3, -0.25) is 28.9 Å². The van der Waals surface area contributed by atoms with Crippen LogP contribution in [0, 0.1) is 21.7 Å². The van der Waals surface area contributed by atoms with E-state index in [9.17, 15) is 29.1 Å². The van der Waals surface area contributed by atoms with Gasteiger partial charge >= 0.3 is 0 Å². The van der Waals surface area contributed by atoms with Crippen molar-refractivity contribution in [3.63, 3.8) is 0 Å². The summed E-state index contributed by atoms with van der Waals surface area (Å²) in [6.07, 6.45) is 2.88. The van der Waals surface area contributed by atoms with E-state index in [1.54, 1.807) is 41.5 Å². The lowest BCUT2D eigenvalue weighted by atomic mass is 9.42. The van der Waals surface area contributed by atoms with Gasteiger partial charge in [0.2, 0.25) is 29.5 Å². The fourth-order valence-electron chi connectivity index (χ4n) is 7.48. The Morgan fingerprint density at radius 1 is 0.684 bits per heavy atom. The number of carbonyl (C=O) groups excluding carboxylic acids is 5. The van der Waals surface area contributed by atoms with Crippen molar-refractivity contribution in [1.82, 2.24) is 42.1 Å². The first kappa shape index (κ1) is 51.9. The number of ether oxygens (including phenoxy) is 1. The molecule has 16 nitrogen and oxygen atoms in total. The van der Waals surface area contributed by atoms with E-state index in [0.29, 0.717) is 57.0 Å². The van der Waals surface area contributed by atoms with E-state index in [1.807, 2.05) is 6.92 Å². The van der Waals surface area contributed by atoms with E-state index >= 15 is 0 Å². The molecule has 1 heterocycles. The number of aliphatic hydroxyl groups excluding tert-OH is 1. The van der Waals surface area contributed by atoms with Crippen molar-refractivity contribution in [3.05, 3.63) is 0 Å². The molecule has 1 aliphatic rings. The molecule has 5 amide bonds. The molecule has 0 aromatic carbocycles. The number of unbranched alkanes of at least 4 members (excludes halogenated alkanes) is 1. The lowest BCUT2D eigenvalue weighted by molar-refractivity contribution is -0.188. The van der Waals surface area contributed by atoms with E-state index in [-0.39, 0.29) is 44.9 Å². The van der Waals surface area contributed by atoms with Gasteiger partial charge in [-0.25, -0.2) is 0 Å². The highest BCUT2D eigenvalue weighted by Gasteiger charge is 2.72. The van der Waals surface area contributed by atoms with E-state index in [4.69, 9.17) is 22.7 Å². The van der Waals surface area contributed by atoms with Gasteiger partial charge in [-0.2, -0.15) is 0 Å². The van der Waals surface area contributed by atoms with Crippen LogP contribution in [-0.2, 0) is 28.7 Å². The van der Waals surface area contributed by atoms with Crippen LogP contribution in [0.4, 0.5) is 0 Å². The van der Waals surface area contributed by atoms with E-state index < -0.39 is 51.4 Å². The van der Waals surface area contributed by atoms with E-state index in [0.717, 1.165) is 45.7 Å². The van der Waals surface area contributed by atoms with Gasteiger partial charge in [-0.05, 0) is 91.9 Å². The average molecular weight is 828 g/mol. The summed E-state index contributed by atoms with van der Waals surface area (Å²) in [6, 6.07) is 0. The molecule has 1 aliphatic heterocycles. The summed E-state index contributed by atoms with van der Waals surface area (Å²) in [5, 5.41) is 31.7. The summed E-state index contributed by atoms with van der Waals surface area (Å²) >= 11 is 5.45. The molecule has 1 saturated heterocycles. The minimum atomic E-state index is -1.86. The number of hydrogen-bond acceptors (Lipinski definition) is 10. The first-order valence-corrected chi connectivity index (χ1v) is 21.5. The van der Waals surface area contributed by atoms with Crippen molar-refractivity contribution < 1.29 is 33.8 Å². The number of morpholine rings is 1. The molecule has 0 aromatic heterocycles. The highest BCUT2D eigenvalue weighted by molar-refractivity contribution is 7.80. The molecule has 5 atom stereocenters. The first-order chi connectivity index (χ1) is 27.0. The lowest BCUT2D eigenvalue weighted by Crippen LogP contribution is -2.72. The monoisotopic (exact) mass is 828 g/mol. The number of thiocarbonyl (C=S) groups is 1. The number of nitrogens with one attached hydrogen (secondary N) is 7. The molecule has 0 aliphatic carbocycles. The second kappa shape index (κ2) is 26.1. The molecule has 10 N–H and O–H groups in total. The topological polar surface area (TPSA) is 228 Å². The van der Waals surface area contributed by atoms with Crippen LogP contribution in [-0.4, -0.2) is 136 Å². The predicted octanol–water partition coefficient (Wildman–Crippen LogP) is 0.909. The maximum atomic E-state index is 15.0. The van der Waals surface area contributed by atoms with Crippen LogP contribution in [0.2, 0.25) is 0 Å². The smallest absolute Gasteiger partial charge is 0.228 e. The maximum Gasteiger partial charge on any atom is 0.228 e. The van der Waals surface area contributed by atoms with Crippen molar-refractivity contribution in [1.29, 1.82) is 0 Å². The van der Waals surface area contributed by atoms with E-state index in [2.05, 4.69) is 42.1 Å². The SMILES string of the molecule is CCCCC(=O)NCCCNC(=O)C(C)(C(C)(CC)C(=O)NCCCNC(=S)NCCN1CCOCC1)C(C)(C(=O)NCC(C)O)C(C)(CC)C(=O)NCCCN. The van der Waals surface area contributed by atoms with Crippen LogP contribution in [0.5, 0.6) is 0 Å². The van der Waals surface area contributed by atoms with Gasteiger partial charge in [0.05, 0.1) is 41.0 Å². The third kappa shape index (κ3) is 14.3. The minimum Gasteiger partial charge on any atom is -0.392 e. The number of amides is 5. The Hall–Kier alpha value is -3.12. The van der Waals surface area contributed by atoms with Crippen LogP contribution < -0.4 is 43.0 Å². The first-order valence-electron chi connectivity index (χ1n) is 21.1. The zero-order valence-corrected chi connectivity index (χ0v) is 37.1. The Labute approximate surface area is 347 Å². The van der Waals surface area contributed by atoms with Crippen molar-refractivity contribution in [2.24, 2.45) is 27.4 Å². The Bertz CT molecular complexity index is 1290. The van der Waals surface area contributed by atoms with E-state index in [1.165, 1.54) is 6.92 Å². The Morgan fingerprint density at radius 2 is 1.14 bits per heavy atom. The molecule has 17 heteroatoms. The summed E-state index contributed by atoms with van der Waals surface area (Å²) in [5.41, 5.74) is -1.07. The van der Waals surface area contributed by atoms with Crippen molar-refractivity contribution in [3.8, 4) is 0 Å². The molecule has 0 saturated carbocycles. The number of carbonyl (C=O) groups is 5.